The van der Waals surface area contributed by atoms with Crippen molar-refractivity contribution in [3.63, 3.8) is 0 Å². The topological polar surface area (TPSA) is 66.2 Å². The molecule has 4 nitrogen and oxygen atoms in total. The summed E-state index contributed by atoms with van der Waals surface area (Å²) in [7, 11) is 0. The lowest BCUT2D eigenvalue weighted by Gasteiger charge is -1.83. The van der Waals surface area contributed by atoms with Gasteiger partial charge in [0.2, 0.25) is 5.88 Å². The second-order valence-corrected chi connectivity index (χ2v) is 1.64. The highest BCUT2D eigenvalue weighted by atomic mass is 16.4. The fourth-order valence-corrected chi connectivity index (χ4v) is 0.592. The van der Waals surface area contributed by atoms with Crippen LogP contribution >= 0.6 is 0 Å². The fourth-order valence-electron chi connectivity index (χ4n) is 0.592. The Morgan fingerprint density at radius 1 is 1.78 bits per heavy atom. The number of rotatable bonds is 1. The minimum absolute atomic E-state index is 0.164. The van der Waals surface area contributed by atoms with Crippen molar-refractivity contribution >= 4 is 0 Å². The third-order valence-corrected chi connectivity index (χ3v) is 1.02. The third kappa shape index (κ3) is 0.960. The molecule has 0 spiro atoms. The largest absolute Gasteiger partial charge is 0.492 e. The number of aromatic hydroxyl groups is 1. The third-order valence-electron chi connectivity index (χ3n) is 1.02. The van der Waals surface area contributed by atoms with Gasteiger partial charge in [-0.25, -0.2) is 4.79 Å². The molecular weight excluding hydrogens is 122 g/mol. The molecule has 1 aromatic heterocycles. The van der Waals surface area contributed by atoms with E-state index in [4.69, 9.17) is 5.11 Å². The molecule has 0 aliphatic heterocycles. The quantitative estimate of drug-likeness (QED) is 0.570. The summed E-state index contributed by atoms with van der Waals surface area (Å²) >= 11 is 0. The summed E-state index contributed by atoms with van der Waals surface area (Å²) in [5.74, 6) is -0.466. The molecule has 0 aromatic carbocycles. The maximum atomic E-state index is 10.3. The van der Waals surface area contributed by atoms with E-state index in [1.54, 1.807) is 6.92 Å². The average molecular weight is 129 g/mol. The van der Waals surface area contributed by atoms with Gasteiger partial charge in [-0.2, -0.15) is 0 Å². The Hall–Kier alpha value is -1.19. The van der Waals surface area contributed by atoms with Crippen LogP contribution < -0.4 is 5.76 Å². The van der Waals surface area contributed by atoms with E-state index in [-0.39, 0.29) is 5.88 Å². The number of hydrogen-bond donors (Lipinski definition) is 2. The van der Waals surface area contributed by atoms with Crippen molar-refractivity contribution in [1.29, 1.82) is 0 Å². The van der Waals surface area contributed by atoms with Gasteiger partial charge in [-0.3, -0.25) is 4.98 Å². The summed E-state index contributed by atoms with van der Waals surface area (Å²) in [6, 6.07) is 0. The molecule has 0 radical (unpaired) electrons. The molecule has 0 bridgehead atoms. The molecular formula is C5H7NO3. The Balaban J connectivity index is 3.16. The predicted molar refractivity (Wildman–Crippen MR) is 30.4 cm³/mol. The maximum absolute atomic E-state index is 10.3. The van der Waals surface area contributed by atoms with Crippen molar-refractivity contribution in [3.8, 4) is 5.88 Å². The van der Waals surface area contributed by atoms with E-state index in [1.165, 1.54) is 0 Å². The molecule has 2 N–H and O–H groups in total. The van der Waals surface area contributed by atoms with Gasteiger partial charge in [0.15, 0.2) is 5.76 Å². The molecule has 0 aliphatic rings. The fraction of sp³-hybridized carbons (Fsp3) is 0.400. The molecule has 4 heteroatoms. The molecule has 1 rings (SSSR count). The van der Waals surface area contributed by atoms with E-state index in [1.807, 2.05) is 0 Å². The van der Waals surface area contributed by atoms with E-state index in [2.05, 4.69) is 9.40 Å². The number of aromatic nitrogens is 1. The summed E-state index contributed by atoms with van der Waals surface area (Å²) in [5, 5.41) is 8.78. The Bertz CT molecular complexity index is 247. The van der Waals surface area contributed by atoms with E-state index < -0.39 is 5.76 Å². The van der Waals surface area contributed by atoms with Gasteiger partial charge in [-0.1, -0.05) is 6.92 Å². The molecule has 1 heterocycles. The van der Waals surface area contributed by atoms with Gasteiger partial charge in [-0.15, -0.1) is 0 Å². The van der Waals surface area contributed by atoms with Crippen LogP contribution in [0.15, 0.2) is 9.21 Å². The van der Waals surface area contributed by atoms with Gasteiger partial charge < -0.3 is 9.52 Å². The summed E-state index contributed by atoms with van der Waals surface area (Å²) in [5.41, 5.74) is 0. The monoisotopic (exact) mass is 129 g/mol. The first-order chi connectivity index (χ1) is 4.24. The molecule has 0 atom stereocenters. The van der Waals surface area contributed by atoms with Crippen LogP contribution in [0.1, 0.15) is 12.7 Å². The van der Waals surface area contributed by atoms with Crippen LogP contribution in [-0.2, 0) is 6.42 Å². The van der Waals surface area contributed by atoms with Crippen LogP contribution in [0.5, 0.6) is 5.88 Å². The SMILES string of the molecule is CCc1oc(=O)[nH]c1O. The number of H-pyrrole nitrogens is 1. The molecule has 0 unspecified atom stereocenters. The first-order valence-corrected chi connectivity index (χ1v) is 2.65. The van der Waals surface area contributed by atoms with Gasteiger partial charge in [0.1, 0.15) is 0 Å². The van der Waals surface area contributed by atoms with Gasteiger partial charge in [0.05, 0.1) is 0 Å². The van der Waals surface area contributed by atoms with Crippen molar-refractivity contribution < 1.29 is 9.52 Å². The highest BCUT2D eigenvalue weighted by Crippen LogP contribution is 2.09. The average Bonchev–Trinajstić information content (AvgIpc) is 2.10. The number of aryl methyl sites for hydroxylation is 1. The standard InChI is InChI=1S/C5H7NO3/c1-2-3-4(7)6-5(8)9-3/h7H,2H2,1H3,(H,6,8). The molecule has 9 heavy (non-hydrogen) atoms. The summed E-state index contributed by atoms with van der Waals surface area (Å²) < 4.78 is 4.50. The summed E-state index contributed by atoms with van der Waals surface area (Å²) in [6.07, 6.45) is 0.518. The predicted octanol–water partition coefficient (Wildman–Crippen LogP) is 0.236. The number of oxazole rings is 1. The van der Waals surface area contributed by atoms with Crippen LogP contribution in [-0.4, -0.2) is 10.1 Å². The van der Waals surface area contributed by atoms with Crippen molar-refractivity contribution in [3.05, 3.63) is 16.3 Å². The molecule has 50 valence electrons. The Labute approximate surface area is 51.1 Å². The molecule has 0 fully saturated rings. The first-order valence-electron chi connectivity index (χ1n) is 2.65. The highest BCUT2D eigenvalue weighted by Gasteiger charge is 2.03. The lowest BCUT2D eigenvalue weighted by atomic mass is 10.4. The van der Waals surface area contributed by atoms with Crippen molar-refractivity contribution in [2.24, 2.45) is 0 Å². The number of aromatic amines is 1. The molecule has 1 aromatic rings. The number of hydrogen-bond acceptors (Lipinski definition) is 3. The molecule has 0 amide bonds. The lowest BCUT2D eigenvalue weighted by Crippen LogP contribution is -1.92. The van der Waals surface area contributed by atoms with Crippen LogP contribution in [0.25, 0.3) is 0 Å². The Kier molecular flexibility index (Phi) is 1.30. The number of nitrogens with one attached hydrogen (secondary N) is 1. The normalized spacial score (nSPS) is 9.89. The Morgan fingerprint density at radius 3 is 2.67 bits per heavy atom. The van der Waals surface area contributed by atoms with Crippen molar-refractivity contribution in [1.82, 2.24) is 4.98 Å². The van der Waals surface area contributed by atoms with E-state index in [0.29, 0.717) is 12.2 Å². The molecule has 0 aliphatic carbocycles. The van der Waals surface area contributed by atoms with Gasteiger partial charge in [-0.05, 0) is 0 Å². The maximum Gasteiger partial charge on any atom is 0.419 e. The van der Waals surface area contributed by atoms with Crippen LogP contribution in [0.3, 0.4) is 0 Å². The minimum atomic E-state index is -0.607. The summed E-state index contributed by atoms with van der Waals surface area (Å²) in [4.78, 5) is 12.4. The zero-order valence-corrected chi connectivity index (χ0v) is 4.97. The Morgan fingerprint density at radius 2 is 2.44 bits per heavy atom. The summed E-state index contributed by atoms with van der Waals surface area (Å²) in [6.45, 7) is 1.78. The molecule has 0 saturated heterocycles. The highest BCUT2D eigenvalue weighted by molar-refractivity contribution is 5.11. The van der Waals surface area contributed by atoms with Crippen LogP contribution in [0.2, 0.25) is 0 Å². The zero-order valence-electron chi connectivity index (χ0n) is 4.97. The first kappa shape index (κ1) is 5.94. The van der Waals surface area contributed by atoms with E-state index in [9.17, 15) is 4.79 Å². The smallest absolute Gasteiger partial charge is 0.419 e. The zero-order chi connectivity index (χ0) is 6.85. The van der Waals surface area contributed by atoms with E-state index in [0.717, 1.165) is 0 Å². The lowest BCUT2D eigenvalue weighted by molar-refractivity contribution is 0.423. The minimum Gasteiger partial charge on any atom is -0.492 e. The molecule has 0 saturated carbocycles. The van der Waals surface area contributed by atoms with Crippen LogP contribution in [0.4, 0.5) is 0 Å². The second-order valence-electron chi connectivity index (χ2n) is 1.64. The van der Waals surface area contributed by atoms with Crippen molar-refractivity contribution in [2.75, 3.05) is 0 Å². The van der Waals surface area contributed by atoms with Crippen LogP contribution in [0, 0.1) is 0 Å². The van der Waals surface area contributed by atoms with Gasteiger partial charge in [0, 0.05) is 6.42 Å². The van der Waals surface area contributed by atoms with Gasteiger partial charge in [0.25, 0.3) is 0 Å². The second kappa shape index (κ2) is 1.97. The van der Waals surface area contributed by atoms with E-state index >= 15 is 0 Å². The van der Waals surface area contributed by atoms with Crippen molar-refractivity contribution in [2.45, 2.75) is 13.3 Å². The van der Waals surface area contributed by atoms with Gasteiger partial charge >= 0.3 is 5.76 Å².